The number of nitrogens with one attached hydrogen (secondary N) is 1. The molecule has 0 spiro atoms. The molecule has 2 fully saturated rings. The van der Waals surface area contributed by atoms with Crippen LogP contribution in [0.25, 0.3) is 0 Å². The first kappa shape index (κ1) is 12.4. The molecule has 0 aromatic rings. The molecule has 0 amide bonds. The second-order valence-electron chi connectivity index (χ2n) is 5.25. The van der Waals surface area contributed by atoms with Crippen LogP contribution in [0.1, 0.15) is 19.8 Å². The summed E-state index contributed by atoms with van der Waals surface area (Å²) in [5.74, 6) is 0. The SMILES string of the molecule is CB(O)N1CCC(N2CCN[C@H](C)C2)CC1. The Morgan fingerprint density at radius 3 is 2.50 bits per heavy atom. The number of piperidine rings is 1. The first-order chi connectivity index (χ1) is 7.66. The molecule has 2 aliphatic rings. The molecular formula is C11H24BN3O. The van der Waals surface area contributed by atoms with Crippen LogP contribution in [0.2, 0.25) is 6.82 Å². The Hall–Kier alpha value is -0.0951. The number of hydrogen-bond acceptors (Lipinski definition) is 4. The molecule has 2 N–H and O–H groups in total. The summed E-state index contributed by atoms with van der Waals surface area (Å²) in [5.41, 5.74) is 0. The van der Waals surface area contributed by atoms with E-state index in [4.69, 9.17) is 0 Å². The van der Waals surface area contributed by atoms with E-state index < -0.39 is 0 Å². The fourth-order valence-electron chi connectivity index (χ4n) is 2.92. The van der Waals surface area contributed by atoms with Crippen molar-refractivity contribution in [2.75, 3.05) is 32.7 Å². The molecule has 0 aromatic carbocycles. The Kier molecular flexibility index (Phi) is 4.24. The predicted octanol–water partition coefficient (Wildman–Crippen LogP) is -0.145. The number of nitrogens with zero attached hydrogens (tertiary/aromatic N) is 2. The highest BCUT2D eigenvalue weighted by atomic mass is 16.2. The molecule has 0 saturated carbocycles. The van der Waals surface area contributed by atoms with E-state index in [2.05, 4.69) is 22.0 Å². The third kappa shape index (κ3) is 2.97. The predicted molar refractivity (Wildman–Crippen MR) is 67.5 cm³/mol. The van der Waals surface area contributed by atoms with Crippen molar-refractivity contribution in [3.63, 3.8) is 0 Å². The van der Waals surface area contributed by atoms with Gasteiger partial charge in [-0.3, -0.25) is 4.90 Å². The van der Waals surface area contributed by atoms with Gasteiger partial charge in [-0.1, -0.05) is 0 Å². The molecule has 0 radical (unpaired) electrons. The van der Waals surface area contributed by atoms with Gasteiger partial charge in [0.2, 0.25) is 0 Å². The van der Waals surface area contributed by atoms with Crippen molar-refractivity contribution in [1.29, 1.82) is 0 Å². The fraction of sp³-hybridized carbons (Fsp3) is 1.00. The van der Waals surface area contributed by atoms with Crippen LogP contribution in [0.15, 0.2) is 0 Å². The van der Waals surface area contributed by atoms with Gasteiger partial charge < -0.3 is 15.2 Å². The second-order valence-corrected chi connectivity index (χ2v) is 5.25. The summed E-state index contributed by atoms with van der Waals surface area (Å²) >= 11 is 0. The van der Waals surface area contributed by atoms with Gasteiger partial charge in [-0.25, -0.2) is 0 Å². The maximum Gasteiger partial charge on any atom is 0.376 e. The first-order valence-corrected chi connectivity index (χ1v) is 6.56. The molecule has 0 aliphatic carbocycles. The summed E-state index contributed by atoms with van der Waals surface area (Å²) in [4.78, 5) is 4.79. The van der Waals surface area contributed by atoms with E-state index in [9.17, 15) is 5.02 Å². The average Bonchev–Trinajstić information content (AvgIpc) is 2.29. The van der Waals surface area contributed by atoms with Crippen molar-refractivity contribution < 1.29 is 5.02 Å². The van der Waals surface area contributed by atoms with Crippen LogP contribution < -0.4 is 5.32 Å². The third-order valence-electron chi connectivity index (χ3n) is 3.94. The molecule has 4 nitrogen and oxygen atoms in total. The van der Waals surface area contributed by atoms with E-state index in [0.29, 0.717) is 6.04 Å². The molecule has 0 aromatic heterocycles. The van der Waals surface area contributed by atoms with Crippen LogP contribution in [-0.4, -0.2) is 66.6 Å². The van der Waals surface area contributed by atoms with E-state index in [0.717, 1.165) is 25.7 Å². The van der Waals surface area contributed by atoms with Crippen LogP contribution >= 0.6 is 0 Å². The molecule has 5 heteroatoms. The van der Waals surface area contributed by atoms with Crippen LogP contribution in [-0.2, 0) is 0 Å². The Bertz CT molecular complexity index is 219. The van der Waals surface area contributed by atoms with Crippen LogP contribution in [0.4, 0.5) is 0 Å². The van der Waals surface area contributed by atoms with E-state index in [1.165, 1.54) is 25.9 Å². The number of rotatable bonds is 2. The molecule has 1 atom stereocenters. The van der Waals surface area contributed by atoms with Crippen molar-refractivity contribution in [2.45, 2.75) is 38.7 Å². The summed E-state index contributed by atoms with van der Waals surface area (Å²) in [5, 5.41) is 13.0. The Balaban J connectivity index is 1.79. The zero-order valence-corrected chi connectivity index (χ0v) is 10.5. The summed E-state index contributed by atoms with van der Waals surface area (Å²) in [6.07, 6.45) is 2.41. The standard InChI is InChI=1S/C11H24BN3O/c1-10-9-14(8-5-13-10)11-3-6-15(7-4-11)12(2)16/h10-11,13,16H,3-9H2,1-2H3/t10-/m1/s1. The molecule has 2 rings (SSSR count). The van der Waals surface area contributed by atoms with Gasteiger partial charge in [0.1, 0.15) is 0 Å². The van der Waals surface area contributed by atoms with Crippen molar-refractivity contribution in [3.8, 4) is 0 Å². The van der Waals surface area contributed by atoms with E-state index in [1.54, 1.807) is 0 Å². The molecule has 2 saturated heterocycles. The minimum atomic E-state index is -0.275. The zero-order chi connectivity index (χ0) is 11.5. The van der Waals surface area contributed by atoms with Crippen LogP contribution in [0.5, 0.6) is 0 Å². The van der Waals surface area contributed by atoms with Crippen molar-refractivity contribution in [1.82, 2.24) is 15.0 Å². The van der Waals surface area contributed by atoms with Gasteiger partial charge in [-0.15, -0.1) is 0 Å². The molecule has 0 bridgehead atoms. The summed E-state index contributed by atoms with van der Waals surface area (Å²) in [7, 11) is -0.275. The highest BCUT2D eigenvalue weighted by molar-refractivity contribution is 6.45. The van der Waals surface area contributed by atoms with Gasteiger partial charge in [-0.2, -0.15) is 0 Å². The molecule has 0 unspecified atom stereocenters. The molecular weight excluding hydrogens is 201 g/mol. The van der Waals surface area contributed by atoms with Crippen molar-refractivity contribution in [2.24, 2.45) is 0 Å². The highest BCUT2D eigenvalue weighted by Crippen LogP contribution is 2.18. The summed E-state index contributed by atoms with van der Waals surface area (Å²) in [6, 6.07) is 1.36. The Morgan fingerprint density at radius 2 is 1.94 bits per heavy atom. The lowest BCUT2D eigenvalue weighted by molar-refractivity contribution is 0.104. The van der Waals surface area contributed by atoms with Gasteiger partial charge in [0.25, 0.3) is 0 Å². The maximum atomic E-state index is 9.52. The normalized spacial score (nSPS) is 30.6. The number of piperazine rings is 1. The summed E-state index contributed by atoms with van der Waals surface area (Å²) < 4.78 is 0. The van der Waals surface area contributed by atoms with Gasteiger partial charge in [0.05, 0.1) is 0 Å². The smallest absolute Gasteiger partial charge is 0.376 e. The minimum absolute atomic E-state index is 0.275. The largest absolute Gasteiger partial charge is 0.437 e. The summed E-state index contributed by atoms with van der Waals surface area (Å²) in [6.45, 7) is 9.70. The van der Waals surface area contributed by atoms with Gasteiger partial charge in [0, 0.05) is 31.7 Å². The van der Waals surface area contributed by atoms with Crippen molar-refractivity contribution >= 4 is 7.05 Å². The highest BCUT2D eigenvalue weighted by Gasteiger charge is 2.29. The van der Waals surface area contributed by atoms with Crippen LogP contribution in [0, 0.1) is 0 Å². The first-order valence-electron chi connectivity index (χ1n) is 6.56. The topological polar surface area (TPSA) is 38.7 Å². The lowest BCUT2D eigenvalue weighted by Gasteiger charge is -2.42. The van der Waals surface area contributed by atoms with Gasteiger partial charge in [0.15, 0.2) is 0 Å². The maximum absolute atomic E-state index is 9.52. The van der Waals surface area contributed by atoms with E-state index in [1.807, 2.05) is 6.82 Å². The average molecular weight is 225 g/mol. The lowest BCUT2D eigenvalue weighted by atomic mass is 9.82. The van der Waals surface area contributed by atoms with Crippen LogP contribution in [0.3, 0.4) is 0 Å². The van der Waals surface area contributed by atoms with Crippen molar-refractivity contribution in [3.05, 3.63) is 0 Å². The minimum Gasteiger partial charge on any atom is -0.437 e. The Labute approximate surface area is 99.1 Å². The third-order valence-corrected chi connectivity index (χ3v) is 3.94. The molecule has 2 heterocycles. The van der Waals surface area contributed by atoms with E-state index >= 15 is 0 Å². The zero-order valence-electron chi connectivity index (χ0n) is 10.5. The van der Waals surface area contributed by atoms with Gasteiger partial charge in [-0.05, 0) is 39.7 Å². The van der Waals surface area contributed by atoms with E-state index in [-0.39, 0.29) is 7.05 Å². The monoisotopic (exact) mass is 225 g/mol. The van der Waals surface area contributed by atoms with Gasteiger partial charge >= 0.3 is 7.05 Å². The molecule has 2 aliphatic heterocycles. The molecule has 92 valence electrons. The molecule has 16 heavy (non-hydrogen) atoms. The Morgan fingerprint density at radius 1 is 1.25 bits per heavy atom. The second kappa shape index (κ2) is 5.49. The lowest BCUT2D eigenvalue weighted by Crippen LogP contribution is -2.56. The fourth-order valence-corrected chi connectivity index (χ4v) is 2.92. The number of hydrogen-bond donors (Lipinski definition) is 2. The quantitative estimate of drug-likeness (QED) is 0.641.